The van der Waals surface area contributed by atoms with Crippen molar-refractivity contribution in [2.24, 2.45) is 21.7 Å². The fourth-order valence-electron chi connectivity index (χ4n) is 3.81. The molecule has 0 saturated carbocycles. The highest BCUT2D eigenvalue weighted by molar-refractivity contribution is 6.27. The Balaban J connectivity index is 1.94. The van der Waals surface area contributed by atoms with E-state index in [0.29, 0.717) is 0 Å². The number of aromatic amines is 1. The molecule has 0 atom stereocenters. The maximum absolute atomic E-state index is 13.2. The molecule has 0 aromatic carbocycles. The Morgan fingerprint density at radius 2 is 1.10 bits per heavy atom. The number of aromatic nitrogens is 4. The Hall–Kier alpha value is -3.17. The third-order valence-electron chi connectivity index (χ3n) is 7.74. The molecule has 164 valence electrons. The fourth-order valence-corrected chi connectivity index (χ4v) is 3.81. The summed E-state index contributed by atoms with van der Waals surface area (Å²) < 4.78 is 0. The summed E-state index contributed by atoms with van der Waals surface area (Å²) in [5.74, 6) is -1.99. The molecule has 0 spiro atoms. The molecule has 10 heteroatoms. The van der Waals surface area contributed by atoms with Gasteiger partial charge in [0.05, 0.1) is 28.0 Å². The van der Waals surface area contributed by atoms with Crippen molar-refractivity contribution in [3.63, 3.8) is 0 Å². The summed E-state index contributed by atoms with van der Waals surface area (Å²) in [4.78, 5) is 70.4. The molecular weight excluding hydrogens is 400 g/mol. The van der Waals surface area contributed by atoms with E-state index in [4.69, 9.17) is 0 Å². The minimum Gasteiger partial charge on any atom is -0.340 e. The predicted molar refractivity (Wildman–Crippen MR) is 112 cm³/mol. The van der Waals surface area contributed by atoms with E-state index in [-0.39, 0.29) is 22.9 Å². The highest BCUT2D eigenvalue weighted by Gasteiger charge is 2.62. The molecular formula is C21H26N6O4. The second-order valence-electron chi connectivity index (χ2n) is 10.3. The van der Waals surface area contributed by atoms with Gasteiger partial charge < -0.3 is 4.98 Å². The lowest BCUT2D eigenvalue weighted by molar-refractivity contribution is -0.129. The Labute approximate surface area is 179 Å². The molecule has 2 saturated heterocycles. The van der Waals surface area contributed by atoms with Gasteiger partial charge in [0.2, 0.25) is 29.6 Å². The van der Waals surface area contributed by atoms with E-state index in [1.165, 1.54) is 6.33 Å². The van der Waals surface area contributed by atoms with Crippen LogP contribution >= 0.6 is 0 Å². The summed E-state index contributed by atoms with van der Waals surface area (Å²) in [6, 6.07) is 0. The smallest absolute Gasteiger partial charge is 0.243 e. The Bertz CT molecular complexity index is 1140. The number of rotatable bonds is 2. The van der Waals surface area contributed by atoms with E-state index < -0.39 is 45.3 Å². The highest BCUT2D eigenvalue weighted by atomic mass is 16.2. The first kappa shape index (κ1) is 21.1. The van der Waals surface area contributed by atoms with Gasteiger partial charge in [-0.1, -0.05) is 0 Å². The first-order valence-electron chi connectivity index (χ1n) is 10.1. The van der Waals surface area contributed by atoms with Crippen LogP contribution in [0.3, 0.4) is 0 Å². The van der Waals surface area contributed by atoms with E-state index in [1.54, 1.807) is 55.4 Å². The van der Waals surface area contributed by atoms with Crippen LogP contribution in [0, 0.1) is 21.7 Å². The number of hydrogen-bond donors (Lipinski definition) is 1. The Morgan fingerprint density at radius 3 is 1.55 bits per heavy atom. The van der Waals surface area contributed by atoms with Gasteiger partial charge in [0, 0.05) is 0 Å². The van der Waals surface area contributed by atoms with Crippen LogP contribution in [0.25, 0.3) is 11.2 Å². The summed E-state index contributed by atoms with van der Waals surface area (Å²) >= 11 is 0. The molecule has 2 aromatic heterocycles. The van der Waals surface area contributed by atoms with Gasteiger partial charge in [-0.05, 0) is 55.4 Å². The summed E-state index contributed by atoms with van der Waals surface area (Å²) in [5.41, 5.74) is -3.52. The molecule has 10 nitrogen and oxygen atoms in total. The van der Waals surface area contributed by atoms with Crippen molar-refractivity contribution in [3.05, 3.63) is 6.33 Å². The number of nitrogens with zero attached hydrogens (tertiary/aromatic N) is 5. The van der Waals surface area contributed by atoms with Crippen molar-refractivity contribution in [2.45, 2.75) is 55.4 Å². The average Bonchev–Trinajstić information content (AvgIpc) is 3.22. The van der Waals surface area contributed by atoms with Gasteiger partial charge in [-0.25, -0.2) is 14.8 Å². The van der Waals surface area contributed by atoms with Crippen molar-refractivity contribution < 1.29 is 19.2 Å². The van der Waals surface area contributed by atoms with Crippen LogP contribution < -0.4 is 9.80 Å². The van der Waals surface area contributed by atoms with Gasteiger partial charge in [-0.3, -0.25) is 19.2 Å². The number of H-pyrrole nitrogens is 1. The molecule has 2 fully saturated rings. The summed E-state index contributed by atoms with van der Waals surface area (Å²) in [5, 5.41) is 0. The lowest BCUT2D eigenvalue weighted by Gasteiger charge is -2.28. The van der Waals surface area contributed by atoms with Gasteiger partial charge in [-0.15, -0.1) is 0 Å². The molecule has 1 N–H and O–H groups in total. The lowest BCUT2D eigenvalue weighted by atomic mass is 9.70. The topological polar surface area (TPSA) is 129 Å². The van der Waals surface area contributed by atoms with Gasteiger partial charge in [-0.2, -0.15) is 9.97 Å². The molecule has 4 rings (SSSR count). The monoisotopic (exact) mass is 426 g/mol. The molecule has 2 aliphatic rings. The number of nitrogens with one attached hydrogen (secondary N) is 1. The molecule has 31 heavy (non-hydrogen) atoms. The number of anilines is 2. The van der Waals surface area contributed by atoms with Gasteiger partial charge in [0.15, 0.2) is 11.5 Å². The maximum Gasteiger partial charge on any atom is 0.243 e. The van der Waals surface area contributed by atoms with Crippen LogP contribution in [0.2, 0.25) is 0 Å². The molecule has 0 radical (unpaired) electrons. The van der Waals surface area contributed by atoms with Crippen LogP contribution in [0.5, 0.6) is 0 Å². The fraction of sp³-hybridized carbons (Fsp3) is 0.571. The van der Waals surface area contributed by atoms with E-state index in [9.17, 15) is 19.2 Å². The van der Waals surface area contributed by atoms with Gasteiger partial charge >= 0.3 is 0 Å². The minimum absolute atomic E-state index is 0.0192. The van der Waals surface area contributed by atoms with Crippen LogP contribution in [0.4, 0.5) is 11.8 Å². The van der Waals surface area contributed by atoms with E-state index >= 15 is 0 Å². The zero-order valence-electron chi connectivity index (χ0n) is 18.9. The number of fused-ring (bicyclic) bond motifs is 1. The number of imidazole rings is 1. The average molecular weight is 426 g/mol. The highest BCUT2D eigenvalue weighted by Crippen LogP contribution is 2.50. The first-order chi connectivity index (χ1) is 14.1. The second kappa shape index (κ2) is 5.74. The van der Waals surface area contributed by atoms with Crippen LogP contribution in [0.15, 0.2) is 6.33 Å². The van der Waals surface area contributed by atoms with Crippen LogP contribution in [0.1, 0.15) is 55.4 Å². The number of carbonyl (C=O) groups is 4. The Morgan fingerprint density at radius 1 is 0.677 bits per heavy atom. The second-order valence-corrected chi connectivity index (χ2v) is 10.3. The SMILES string of the molecule is CC1(C)C(=O)N(c2nc(N3C(=O)C(C)(C)C(C)(C)C3=O)c3[nH]cnc3n2)C(=O)C1(C)C. The molecule has 2 aliphatic heterocycles. The quantitative estimate of drug-likeness (QED) is 0.729. The number of carbonyl (C=O) groups excluding carboxylic acids is 4. The molecule has 0 unspecified atom stereocenters. The molecule has 4 amide bonds. The summed E-state index contributed by atoms with van der Waals surface area (Å²) in [7, 11) is 0. The molecule has 0 bridgehead atoms. The predicted octanol–water partition coefficient (Wildman–Crippen LogP) is 2.20. The number of imide groups is 2. The van der Waals surface area contributed by atoms with E-state index in [0.717, 1.165) is 9.80 Å². The minimum atomic E-state index is -0.989. The van der Waals surface area contributed by atoms with Crippen molar-refractivity contribution in [2.75, 3.05) is 9.80 Å². The third kappa shape index (κ3) is 2.30. The first-order valence-corrected chi connectivity index (χ1v) is 10.1. The van der Waals surface area contributed by atoms with E-state index in [1.807, 2.05) is 0 Å². The van der Waals surface area contributed by atoms with Crippen molar-refractivity contribution >= 4 is 46.6 Å². The normalized spacial score (nSPS) is 24.0. The van der Waals surface area contributed by atoms with Crippen molar-refractivity contribution in [3.8, 4) is 0 Å². The third-order valence-corrected chi connectivity index (χ3v) is 7.74. The zero-order chi connectivity index (χ0) is 23.3. The van der Waals surface area contributed by atoms with Crippen LogP contribution in [-0.4, -0.2) is 43.6 Å². The lowest BCUT2D eigenvalue weighted by Crippen LogP contribution is -2.37. The Kier molecular flexibility index (Phi) is 3.90. The van der Waals surface area contributed by atoms with E-state index in [2.05, 4.69) is 19.9 Å². The van der Waals surface area contributed by atoms with Gasteiger partial charge in [0.1, 0.15) is 5.52 Å². The largest absolute Gasteiger partial charge is 0.340 e. The van der Waals surface area contributed by atoms with Gasteiger partial charge in [0.25, 0.3) is 0 Å². The summed E-state index contributed by atoms with van der Waals surface area (Å²) in [6.45, 7) is 13.6. The summed E-state index contributed by atoms with van der Waals surface area (Å²) in [6.07, 6.45) is 1.36. The number of hydrogen-bond acceptors (Lipinski definition) is 7. The zero-order valence-corrected chi connectivity index (χ0v) is 18.9. The van der Waals surface area contributed by atoms with Crippen molar-refractivity contribution in [1.29, 1.82) is 0 Å². The van der Waals surface area contributed by atoms with Crippen LogP contribution in [-0.2, 0) is 19.2 Å². The molecule has 0 aliphatic carbocycles. The standard InChI is InChI=1S/C21H26N6O4/c1-18(2)13(28)26(14(29)19(18,3)4)12-10-11(23-9-22-10)24-17(25-12)27-15(30)20(5,6)21(7,8)16(27)31/h9H,1-8H3,(H,22,23,24,25). The maximum atomic E-state index is 13.2. The number of amides is 4. The van der Waals surface area contributed by atoms with Crippen molar-refractivity contribution in [1.82, 2.24) is 19.9 Å². The molecule has 4 heterocycles. The molecule has 2 aromatic rings.